The molecule has 3 nitrogen and oxygen atoms in total. The number of carbonyl (C=O) groups excluding carboxylic acids is 2. The van der Waals surface area contributed by atoms with Crippen molar-refractivity contribution in [2.24, 2.45) is 0 Å². The molecule has 0 N–H and O–H groups in total. The third kappa shape index (κ3) is 6.72. The summed E-state index contributed by atoms with van der Waals surface area (Å²) in [5.74, 6) is 0.0381. The first kappa shape index (κ1) is 26.7. The van der Waals surface area contributed by atoms with Gasteiger partial charge >= 0.3 is 172 Å². The number of hydrogen-bond acceptors (Lipinski definition) is 3. The summed E-state index contributed by atoms with van der Waals surface area (Å²) in [6.07, 6.45) is 12.7. The van der Waals surface area contributed by atoms with E-state index < -0.39 is 36.8 Å². The van der Waals surface area contributed by atoms with Gasteiger partial charge in [-0.2, -0.15) is 0 Å². The Labute approximate surface area is 197 Å². The first-order valence-electron chi connectivity index (χ1n) is 12.0. The molecular weight excluding hydrogens is 604 g/mol. The zero-order chi connectivity index (χ0) is 22.5. The van der Waals surface area contributed by atoms with Crippen LogP contribution >= 0.6 is 11.3 Å². The molecule has 0 saturated heterocycles. The summed E-state index contributed by atoms with van der Waals surface area (Å²) in [7, 11) is 0. The second kappa shape index (κ2) is 11.5. The third-order valence-corrected chi connectivity index (χ3v) is 25.9. The van der Waals surface area contributed by atoms with Crippen LogP contribution in [-0.4, -0.2) is 60.0 Å². The minimum atomic E-state index is -2.46. The minimum absolute atomic E-state index is 0.0191. The predicted molar refractivity (Wildman–Crippen MR) is 137 cm³/mol. The molecule has 0 unspecified atom stereocenters. The number of fused-ring (bicyclic) bond motifs is 1. The van der Waals surface area contributed by atoms with Crippen LogP contribution in [0.1, 0.15) is 91.8 Å². The number of imide groups is 1. The van der Waals surface area contributed by atoms with Gasteiger partial charge in [0.2, 0.25) is 0 Å². The van der Waals surface area contributed by atoms with E-state index in [9.17, 15) is 9.59 Å². The van der Waals surface area contributed by atoms with E-state index >= 15 is 0 Å². The van der Waals surface area contributed by atoms with Crippen LogP contribution in [0, 0.1) is 0 Å². The molecule has 0 spiro atoms. The van der Waals surface area contributed by atoms with Crippen LogP contribution < -0.4 is 5.79 Å². The molecule has 0 saturated carbocycles. The van der Waals surface area contributed by atoms with E-state index in [1.165, 1.54) is 57.2 Å². The average Bonchev–Trinajstić information content (AvgIpc) is 3.15. The summed E-state index contributed by atoms with van der Waals surface area (Å²) in [6, 6.07) is 0. The monoisotopic (exact) mass is 649 g/mol. The number of unbranched alkanes of at least 4 members (excludes halogenated alkanes) is 9. The van der Waals surface area contributed by atoms with E-state index in [0.717, 1.165) is 24.0 Å². The number of carbonyl (C=O) groups is 2. The van der Waals surface area contributed by atoms with Gasteiger partial charge in [-0.05, 0) is 0 Å². The first-order chi connectivity index (χ1) is 14.0. The van der Waals surface area contributed by atoms with Gasteiger partial charge in [0.25, 0.3) is 0 Å². The number of nitrogens with zero attached hydrogens (tertiary/aromatic N) is 1. The second-order valence-electron chi connectivity index (χ2n) is 11.0. The van der Waals surface area contributed by atoms with Crippen molar-refractivity contribution in [3.8, 4) is 0 Å². The first-order valence-corrected chi connectivity index (χ1v) is 32.8. The van der Waals surface area contributed by atoms with E-state index in [0.29, 0.717) is 6.54 Å². The summed E-state index contributed by atoms with van der Waals surface area (Å²) in [4.78, 5) is 42.3. The molecule has 30 heavy (non-hydrogen) atoms. The van der Waals surface area contributed by atoms with Gasteiger partial charge in [0.15, 0.2) is 0 Å². The van der Waals surface area contributed by atoms with Gasteiger partial charge < -0.3 is 0 Å². The van der Waals surface area contributed by atoms with Crippen molar-refractivity contribution in [2.75, 3.05) is 6.54 Å². The molecule has 2 amide bonds. The quantitative estimate of drug-likeness (QED) is 0.142. The van der Waals surface area contributed by atoms with Crippen molar-refractivity contribution in [1.29, 1.82) is 0 Å². The van der Waals surface area contributed by atoms with Crippen molar-refractivity contribution >= 4 is 65.7 Å². The molecule has 1 aromatic heterocycles. The number of amides is 2. The predicted octanol–water partition coefficient (Wildman–Crippen LogP) is 6.36. The van der Waals surface area contributed by atoms with E-state index in [1.54, 1.807) is 4.90 Å². The summed E-state index contributed by atoms with van der Waals surface area (Å²) >= 11 is -3.07. The van der Waals surface area contributed by atoms with Gasteiger partial charge in [-0.3, -0.25) is 0 Å². The normalized spacial score (nSPS) is 14.7. The van der Waals surface area contributed by atoms with Crippen molar-refractivity contribution < 1.29 is 9.59 Å². The van der Waals surface area contributed by atoms with Crippen LogP contribution in [0.15, 0.2) is 0 Å². The average molecular weight is 647 g/mol. The standard InChI is InChI=1S/C18H25NO2S.6CH3.2Sn/c1-2-3-4-5-6-7-8-9-10-11-12-19-17(20)15-13-22-14-16(15)18(19)21;;;;;;;;/h2-12H2,1H3;6*1H3;;. The number of rotatable bonds is 13. The Balaban J connectivity index is 1.93. The zero-order valence-electron chi connectivity index (χ0n) is 20.5. The van der Waals surface area contributed by atoms with Crippen molar-refractivity contribution in [2.45, 2.75) is 101 Å². The number of thiophene rings is 1. The van der Waals surface area contributed by atoms with Gasteiger partial charge in [-0.25, -0.2) is 0 Å². The van der Waals surface area contributed by atoms with E-state index in [2.05, 4.69) is 36.6 Å². The Bertz CT molecular complexity index is 695. The van der Waals surface area contributed by atoms with Crippen LogP contribution in [0.5, 0.6) is 0 Å². The third-order valence-electron chi connectivity index (χ3n) is 5.92. The molecule has 0 bridgehead atoms. The molecule has 0 fully saturated rings. The van der Waals surface area contributed by atoms with E-state index in [4.69, 9.17) is 0 Å². The Morgan fingerprint density at radius 1 is 0.633 bits per heavy atom. The molecule has 1 aliphatic rings. The molecule has 2 rings (SSSR count). The molecule has 1 aromatic rings. The molecule has 1 aliphatic heterocycles. The molecule has 2 heterocycles. The molecule has 170 valence electrons. The number of hydrogen-bond donors (Lipinski definition) is 0. The summed E-state index contributed by atoms with van der Waals surface area (Å²) in [5, 5.41) is 0. The van der Waals surface area contributed by atoms with Gasteiger partial charge in [0.1, 0.15) is 0 Å². The maximum atomic E-state index is 13.3. The van der Waals surface area contributed by atoms with Crippen LogP contribution in [0.2, 0.25) is 29.6 Å². The Kier molecular flexibility index (Phi) is 10.3. The Hall–Kier alpha value is 0.437. The van der Waals surface area contributed by atoms with Crippen molar-refractivity contribution in [3.05, 3.63) is 11.1 Å². The van der Waals surface area contributed by atoms with Gasteiger partial charge in [-0.1, -0.05) is 26.2 Å². The molecular formula is C24H43NO2SSn2. The fourth-order valence-electron chi connectivity index (χ4n) is 4.22. The van der Waals surface area contributed by atoms with Crippen molar-refractivity contribution in [1.82, 2.24) is 4.90 Å². The fraction of sp³-hybridized carbons (Fsp3) is 0.750. The summed E-state index contributed by atoms with van der Waals surface area (Å²) in [5.41, 5.74) is 1.67. The Morgan fingerprint density at radius 3 is 1.37 bits per heavy atom. The van der Waals surface area contributed by atoms with Crippen LogP contribution in [0.4, 0.5) is 0 Å². The van der Waals surface area contributed by atoms with E-state index in [1.807, 2.05) is 11.3 Å². The van der Waals surface area contributed by atoms with Gasteiger partial charge in [0.05, 0.1) is 0 Å². The fourth-order valence-corrected chi connectivity index (χ4v) is 20.7. The second-order valence-corrected chi connectivity index (χ2v) is 42.6. The SMILES string of the molecule is CCCCCCCCCCCCN1C(=O)c2[c]([Sn]([CH3])([CH3])[CH3])s[c]([Sn]([CH3])([CH3])[CH3])c2C1=O. The Morgan fingerprint density at radius 2 is 1.00 bits per heavy atom. The van der Waals surface area contributed by atoms with E-state index in [-0.39, 0.29) is 11.8 Å². The van der Waals surface area contributed by atoms with Gasteiger partial charge in [-0.15, -0.1) is 0 Å². The summed E-state index contributed by atoms with van der Waals surface area (Å²) in [6.45, 7) is 2.86. The molecule has 0 aromatic carbocycles. The van der Waals surface area contributed by atoms with Gasteiger partial charge in [0, 0.05) is 0 Å². The molecule has 0 atom stereocenters. The van der Waals surface area contributed by atoms with Crippen molar-refractivity contribution in [3.63, 3.8) is 0 Å². The topological polar surface area (TPSA) is 37.4 Å². The maximum absolute atomic E-state index is 13.3. The molecule has 0 radical (unpaired) electrons. The molecule has 6 heteroatoms. The van der Waals surface area contributed by atoms with Crippen LogP contribution in [0.3, 0.4) is 0 Å². The summed E-state index contributed by atoms with van der Waals surface area (Å²) < 4.78 is 2.65. The van der Waals surface area contributed by atoms with Crippen LogP contribution in [-0.2, 0) is 0 Å². The molecule has 0 aliphatic carbocycles. The van der Waals surface area contributed by atoms with Crippen LogP contribution in [0.25, 0.3) is 0 Å². The zero-order valence-corrected chi connectivity index (χ0v) is 27.0.